The van der Waals surface area contributed by atoms with Crippen LogP contribution in [0.25, 0.3) is 0 Å². The van der Waals surface area contributed by atoms with Crippen molar-refractivity contribution in [3.63, 3.8) is 0 Å². The van der Waals surface area contributed by atoms with Gasteiger partial charge in [0.2, 0.25) is 0 Å². The predicted molar refractivity (Wildman–Crippen MR) is 237 cm³/mol. The van der Waals surface area contributed by atoms with Gasteiger partial charge in [0, 0.05) is 6.42 Å². The molecule has 0 aromatic carbocycles. The lowest BCUT2D eigenvalue weighted by molar-refractivity contribution is -0.123. The zero-order chi connectivity index (χ0) is 40.9. The topological polar surface area (TPSA) is 121 Å². The number of aldehydes is 1. The molecule has 0 amide bonds. The van der Waals surface area contributed by atoms with Crippen molar-refractivity contribution in [3.8, 4) is 0 Å². The van der Waals surface area contributed by atoms with E-state index in [1.54, 1.807) is 0 Å². The summed E-state index contributed by atoms with van der Waals surface area (Å²) < 4.78 is 0. The van der Waals surface area contributed by atoms with Crippen LogP contribution >= 0.6 is 0 Å². The van der Waals surface area contributed by atoms with Gasteiger partial charge in [0.05, 0.1) is 0 Å². The molecule has 4 N–H and O–H groups in total. The second-order valence-electron chi connectivity index (χ2n) is 15.5. The first-order valence-corrected chi connectivity index (χ1v) is 23.5. The molecule has 7 heteroatoms. The highest BCUT2D eigenvalue weighted by Crippen LogP contribution is 2.25. The summed E-state index contributed by atoms with van der Waals surface area (Å²) in [5.74, 6) is 0.996. The molecule has 0 aliphatic rings. The average molecular weight is 771 g/mol. The fourth-order valence-corrected chi connectivity index (χ4v) is 7.42. The summed E-state index contributed by atoms with van der Waals surface area (Å²) in [5, 5.41) is 13.8. The highest BCUT2D eigenvalue weighted by Gasteiger charge is 2.09. The standard InChI is InChI=1S/C44H89NO.CH5N.2CH2O2/c1-4-7-10-13-16-17-18-19-20-21-22-23-28-33-40-45(42-35-36-43-46)41-34-29-24-27-32-39-44(37-30-25-14-11-8-5-2)38-31-26-15-12-9-6-3;1-2;2*2-1-3/h43-44H,4-42H2,1-3H3;2H2,1H3;2*1H,(H,2,3). The molecule has 0 radical (unpaired) electrons. The number of carbonyl (C=O) groups is 3. The second kappa shape index (κ2) is 60.8. The van der Waals surface area contributed by atoms with Crippen molar-refractivity contribution >= 4 is 19.2 Å². The van der Waals surface area contributed by atoms with Gasteiger partial charge in [-0.2, -0.15) is 0 Å². The van der Waals surface area contributed by atoms with E-state index in [1.165, 1.54) is 238 Å². The van der Waals surface area contributed by atoms with E-state index in [-0.39, 0.29) is 12.9 Å². The summed E-state index contributed by atoms with van der Waals surface area (Å²) in [6.45, 7) is 10.1. The van der Waals surface area contributed by atoms with Crippen molar-refractivity contribution in [2.75, 3.05) is 26.7 Å². The van der Waals surface area contributed by atoms with Gasteiger partial charge in [0.25, 0.3) is 12.9 Å². The lowest BCUT2D eigenvalue weighted by Crippen LogP contribution is -2.27. The van der Waals surface area contributed by atoms with Gasteiger partial charge in [-0.05, 0) is 51.9 Å². The molecule has 0 bridgehead atoms. The van der Waals surface area contributed by atoms with Crippen molar-refractivity contribution in [3.05, 3.63) is 0 Å². The Hall–Kier alpha value is -1.47. The van der Waals surface area contributed by atoms with Crippen LogP contribution in [0.4, 0.5) is 0 Å². The Kier molecular flexibility index (Phi) is 66.7. The molecule has 0 aromatic rings. The maximum absolute atomic E-state index is 10.9. The molecule has 326 valence electrons. The molecule has 0 unspecified atom stereocenters. The number of hydrogen-bond acceptors (Lipinski definition) is 5. The highest BCUT2D eigenvalue weighted by molar-refractivity contribution is 5.49. The van der Waals surface area contributed by atoms with E-state index in [4.69, 9.17) is 19.8 Å². The van der Waals surface area contributed by atoms with Crippen molar-refractivity contribution in [1.82, 2.24) is 4.90 Å². The Morgan fingerprint density at radius 3 is 0.870 bits per heavy atom. The minimum absolute atomic E-state index is 0.250. The summed E-state index contributed by atoms with van der Waals surface area (Å²) >= 11 is 0. The largest absolute Gasteiger partial charge is 0.483 e. The first kappa shape index (κ1) is 59.2. The van der Waals surface area contributed by atoms with Crippen molar-refractivity contribution < 1.29 is 24.6 Å². The minimum atomic E-state index is -0.250. The van der Waals surface area contributed by atoms with Gasteiger partial charge in [0.1, 0.15) is 6.29 Å². The monoisotopic (exact) mass is 771 g/mol. The molecular weight excluding hydrogens is 673 g/mol. The number of nitrogens with zero attached hydrogens (tertiary/aromatic N) is 1. The lowest BCUT2D eigenvalue weighted by atomic mass is 9.89. The average Bonchev–Trinajstić information content (AvgIpc) is 3.18. The second-order valence-corrected chi connectivity index (χ2v) is 15.5. The molecule has 54 heavy (non-hydrogen) atoms. The molecule has 0 spiro atoms. The number of carbonyl (C=O) groups excluding carboxylic acids is 1. The fourth-order valence-electron chi connectivity index (χ4n) is 7.42. The van der Waals surface area contributed by atoms with Gasteiger partial charge in [-0.3, -0.25) is 9.59 Å². The van der Waals surface area contributed by atoms with Gasteiger partial charge in [-0.15, -0.1) is 0 Å². The molecule has 0 fully saturated rings. The van der Waals surface area contributed by atoms with E-state index < -0.39 is 0 Å². The Labute approximate surface area is 338 Å². The Balaban J connectivity index is -0.00000143. The van der Waals surface area contributed by atoms with E-state index in [9.17, 15) is 4.79 Å². The number of hydrogen-bond donors (Lipinski definition) is 3. The maximum atomic E-state index is 10.9. The predicted octanol–water partition coefficient (Wildman–Crippen LogP) is 14.2. The first-order valence-electron chi connectivity index (χ1n) is 23.5. The van der Waals surface area contributed by atoms with E-state index in [1.807, 2.05) is 0 Å². The summed E-state index contributed by atoms with van der Waals surface area (Å²) in [6, 6.07) is 0. The molecule has 0 aliphatic heterocycles. The third-order valence-corrected chi connectivity index (χ3v) is 10.6. The van der Waals surface area contributed by atoms with Crippen LogP contribution in [-0.2, 0) is 14.4 Å². The first-order chi connectivity index (χ1) is 26.6. The van der Waals surface area contributed by atoms with Crippen molar-refractivity contribution in [2.45, 2.75) is 252 Å². The van der Waals surface area contributed by atoms with Crippen LogP contribution in [0.1, 0.15) is 252 Å². The summed E-state index contributed by atoms with van der Waals surface area (Å²) in [5.41, 5.74) is 4.50. The van der Waals surface area contributed by atoms with Crippen molar-refractivity contribution in [1.29, 1.82) is 0 Å². The van der Waals surface area contributed by atoms with Crippen LogP contribution in [0.5, 0.6) is 0 Å². The van der Waals surface area contributed by atoms with Crippen LogP contribution in [0.3, 0.4) is 0 Å². The Morgan fingerprint density at radius 1 is 0.389 bits per heavy atom. The zero-order valence-corrected chi connectivity index (χ0v) is 37.0. The SMILES string of the molecule is CCCCCCCCCCCCCCCCN(CCCC=O)CCCCCCCC(CCCCCCCC)CCCCCCCC.CN.O=CO.O=CO. The van der Waals surface area contributed by atoms with E-state index in [0.717, 1.165) is 31.6 Å². The quantitative estimate of drug-likeness (QED) is 0.0418. The fraction of sp³-hybridized carbons (Fsp3) is 0.936. The maximum Gasteiger partial charge on any atom is 0.290 e. The molecule has 0 atom stereocenters. The molecule has 0 aromatic heterocycles. The molecule has 0 rings (SSSR count). The van der Waals surface area contributed by atoms with Gasteiger partial charge < -0.3 is 25.6 Å². The normalized spacial score (nSPS) is 10.6. The highest BCUT2D eigenvalue weighted by atomic mass is 16.3. The third kappa shape index (κ3) is 59.8. The van der Waals surface area contributed by atoms with Crippen LogP contribution in [0, 0.1) is 5.92 Å². The molecular formula is C47H98N2O5. The van der Waals surface area contributed by atoms with Crippen LogP contribution < -0.4 is 5.73 Å². The number of nitrogens with two attached hydrogens (primary N) is 1. The molecule has 0 aliphatic carbocycles. The molecule has 7 nitrogen and oxygen atoms in total. The van der Waals surface area contributed by atoms with Crippen LogP contribution in [-0.4, -0.2) is 61.0 Å². The van der Waals surface area contributed by atoms with Gasteiger partial charge in [0.15, 0.2) is 0 Å². The summed E-state index contributed by atoms with van der Waals surface area (Å²) in [7, 11) is 1.50. The molecule has 0 heterocycles. The lowest BCUT2D eigenvalue weighted by Gasteiger charge is -2.22. The van der Waals surface area contributed by atoms with Gasteiger partial charge in [-0.1, -0.05) is 226 Å². The summed E-state index contributed by atoms with van der Waals surface area (Å²) in [4.78, 5) is 30.3. The van der Waals surface area contributed by atoms with Crippen molar-refractivity contribution in [2.24, 2.45) is 11.7 Å². The third-order valence-electron chi connectivity index (χ3n) is 10.6. The van der Waals surface area contributed by atoms with E-state index in [2.05, 4.69) is 31.4 Å². The zero-order valence-electron chi connectivity index (χ0n) is 37.0. The van der Waals surface area contributed by atoms with E-state index in [0.29, 0.717) is 0 Å². The van der Waals surface area contributed by atoms with Crippen LogP contribution in [0.15, 0.2) is 0 Å². The van der Waals surface area contributed by atoms with E-state index >= 15 is 0 Å². The molecule has 0 saturated heterocycles. The Bertz CT molecular complexity index is 630. The minimum Gasteiger partial charge on any atom is -0.483 e. The summed E-state index contributed by atoms with van der Waals surface area (Å²) in [6.07, 6.45) is 51.7. The number of carboxylic acid groups (broad SMARTS) is 2. The van der Waals surface area contributed by atoms with Gasteiger partial charge in [-0.25, -0.2) is 0 Å². The number of unbranched alkanes of at least 4 members (excludes halogenated alkanes) is 28. The van der Waals surface area contributed by atoms with Gasteiger partial charge >= 0.3 is 0 Å². The smallest absolute Gasteiger partial charge is 0.290 e. The van der Waals surface area contributed by atoms with Crippen LogP contribution in [0.2, 0.25) is 0 Å². The Morgan fingerprint density at radius 2 is 0.611 bits per heavy atom. The number of rotatable bonds is 41. The molecule has 0 saturated carbocycles.